The SMILES string of the molecule is OC[C@H]1CCCN1c1nc(Nc2cc(C3CC3)n[nH]2)c2cccn2n1. The van der Waals surface area contributed by atoms with E-state index in [0.29, 0.717) is 11.9 Å². The highest BCUT2D eigenvalue weighted by molar-refractivity contribution is 5.73. The first kappa shape index (κ1) is 14.7. The molecular formula is C17H21N7O. The minimum atomic E-state index is 0.0921. The first-order valence-corrected chi connectivity index (χ1v) is 8.87. The fourth-order valence-electron chi connectivity index (χ4n) is 3.54. The summed E-state index contributed by atoms with van der Waals surface area (Å²) in [4.78, 5) is 6.83. The van der Waals surface area contributed by atoms with Crippen molar-refractivity contribution in [3.8, 4) is 0 Å². The number of nitrogens with one attached hydrogen (secondary N) is 2. The first-order valence-electron chi connectivity index (χ1n) is 8.87. The third-order valence-corrected chi connectivity index (χ3v) is 5.07. The Balaban J connectivity index is 1.50. The molecule has 8 nitrogen and oxygen atoms in total. The summed E-state index contributed by atoms with van der Waals surface area (Å²) in [5.74, 6) is 2.83. The van der Waals surface area contributed by atoms with Crippen molar-refractivity contribution in [1.82, 2.24) is 24.8 Å². The molecule has 0 unspecified atom stereocenters. The molecule has 1 aliphatic heterocycles. The van der Waals surface area contributed by atoms with E-state index >= 15 is 0 Å². The number of aliphatic hydroxyl groups excluding tert-OH is 1. The van der Waals surface area contributed by atoms with E-state index in [2.05, 4.69) is 31.6 Å². The van der Waals surface area contributed by atoms with E-state index in [0.717, 1.165) is 42.2 Å². The molecule has 0 amide bonds. The van der Waals surface area contributed by atoms with Crippen LogP contribution in [0.2, 0.25) is 0 Å². The second-order valence-corrected chi connectivity index (χ2v) is 6.88. The van der Waals surface area contributed by atoms with Gasteiger partial charge in [-0.1, -0.05) is 0 Å². The van der Waals surface area contributed by atoms with E-state index in [1.165, 1.54) is 12.8 Å². The highest BCUT2D eigenvalue weighted by Crippen LogP contribution is 2.39. The number of aromatic nitrogens is 5. The molecule has 3 N–H and O–H groups in total. The van der Waals surface area contributed by atoms with Crippen molar-refractivity contribution in [2.45, 2.75) is 37.6 Å². The van der Waals surface area contributed by atoms with Crippen LogP contribution in [-0.4, -0.2) is 49.1 Å². The van der Waals surface area contributed by atoms with Gasteiger partial charge in [0.1, 0.15) is 11.3 Å². The third-order valence-electron chi connectivity index (χ3n) is 5.07. The standard InChI is InChI=1S/C17H21N7O/c25-10-12-3-1-7-23(12)17-19-16(14-4-2-8-24(14)22-17)18-15-9-13(20-21-15)11-5-6-11/h2,4,8-9,11-12,25H,1,3,5-7,10H2,(H2,18,19,20,21,22)/t12-/m1/s1. The maximum atomic E-state index is 9.60. The number of aromatic amines is 1. The Hall–Kier alpha value is -2.61. The fourth-order valence-corrected chi connectivity index (χ4v) is 3.54. The van der Waals surface area contributed by atoms with Crippen LogP contribution in [-0.2, 0) is 0 Å². The maximum Gasteiger partial charge on any atom is 0.245 e. The molecule has 0 bridgehead atoms. The van der Waals surface area contributed by atoms with Gasteiger partial charge in [0.2, 0.25) is 5.95 Å². The van der Waals surface area contributed by atoms with E-state index < -0.39 is 0 Å². The zero-order chi connectivity index (χ0) is 16.8. The van der Waals surface area contributed by atoms with E-state index in [-0.39, 0.29) is 12.6 Å². The van der Waals surface area contributed by atoms with Gasteiger partial charge in [-0.2, -0.15) is 10.1 Å². The molecule has 130 valence electrons. The van der Waals surface area contributed by atoms with E-state index in [9.17, 15) is 5.11 Å². The molecule has 1 aliphatic carbocycles. The lowest BCUT2D eigenvalue weighted by Crippen LogP contribution is -2.34. The van der Waals surface area contributed by atoms with Gasteiger partial charge in [0, 0.05) is 24.7 Å². The van der Waals surface area contributed by atoms with Crippen LogP contribution in [0.15, 0.2) is 24.4 Å². The summed E-state index contributed by atoms with van der Waals surface area (Å²) in [7, 11) is 0. The van der Waals surface area contributed by atoms with E-state index in [1.54, 1.807) is 0 Å². The zero-order valence-electron chi connectivity index (χ0n) is 13.9. The predicted molar refractivity (Wildman–Crippen MR) is 94.3 cm³/mol. The monoisotopic (exact) mass is 339 g/mol. The average molecular weight is 339 g/mol. The van der Waals surface area contributed by atoms with Crippen molar-refractivity contribution in [2.75, 3.05) is 23.4 Å². The second-order valence-electron chi connectivity index (χ2n) is 6.88. The minimum absolute atomic E-state index is 0.0921. The van der Waals surface area contributed by atoms with E-state index in [4.69, 9.17) is 4.98 Å². The lowest BCUT2D eigenvalue weighted by atomic mass is 10.2. The summed E-state index contributed by atoms with van der Waals surface area (Å²) < 4.78 is 1.83. The Bertz CT molecular complexity index is 897. The summed E-state index contributed by atoms with van der Waals surface area (Å²) in [6, 6.07) is 6.09. The number of aliphatic hydroxyl groups is 1. The number of fused-ring (bicyclic) bond motifs is 1. The van der Waals surface area contributed by atoms with Gasteiger partial charge < -0.3 is 15.3 Å². The molecule has 0 spiro atoms. The zero-order valence-corrected chi connectivity index (χ0v) is 13.9. The van der Waals surface area contributed by atoms with Crippen LogP contribution in [0, 0.1) is 0 Å². The van der Waals surface area contributed by atoms with Gasteiger partial charge in [0.15, 0.2) is 5.82 Å². The number of nitrogens with zero attached hydrogens (tertiary/aromatic N) is 5. The van der Waals surface area contributed by atoms with Gasteiger partial charge in [0.05, 0.1) is 18.3 Å². The van der Waals surface area contributed by atoms with Gasteiger partial charge in [0.25, 0.3) is 0 Å². The molecule has 1 atom stereocenters. The Morgan fingerprint density at radius 1 is 1.32 bits per heavy atom. The Morgan fingerprint density at radius 3 is 3.08 bits per heavy atom. The second kappa shape index (κ2) is 5.73. The summed E-state index contributed by atoms with van der Waals surface area (Å²) in [5, 5.41) is 25.0. The van der Waals surface area contributed by atoms with Gasteiger partial charge >= 0.3 is 0 Å². The molecule has 1 saturated heterocycles. The van der Waals surface area contributed by atoms with Crippen molar-refractivity contribution in [3.63, 3.8) is 0 Å². The largest absolute Gasteiger partial charge is 0.394 e. The maximum absolute atomic E-state index is 9.60. The predicted octanol–water partition coefficient (Wildman–Crippen LogP) is 2.03. The molecule has 2 aliphatic rings. The summed E-state index contributed by atoms with van der Waals surface area (Å²) >= 11 is 0. The van der Waals surface area contributed by atoms with Crippen LogP contribution in [0.25, 0.3) is 5.52 Å². The summed E-state index contributed by atoms with van der Waals surface area (Å²) in [6.45, 7) is 0.995. The quantitative estimate of drug-likeness (QED) is 0.658. The van der Waals surface area contributed by atoms with Crippen molar-refractivity contribution < 1.29 is 5.11 Å². The van der Waals surface area contributed by atoms with Crippen molar-refractivity contribution in [2.24, 2.45) is 0 Å². The average Bonchev–Trinajstić information content (AvgIpc) is 3.05. The van der Waals surface area contributed by atoms with Crippen LogP contribution < -0.4 is 10.2 Å². The van der Waals surface area contributed by atoms with Gasteiger partial charge in [-0.25, -0.2) is 4.52 Å². The highest BCUT2D eigenvalue weighted by atomic mass is 16.3. The minimum Gasteiger partial charge on any atom is -0.394 e. The molecule has 8 heteroatoms. The van der Waals surface area contributed by atoms with Gasteiger partial charge in [-0.3, -0.25) is 5.10 Å². The lowest BCUT2D eigenvalue weighted by molar-refractivity contribution is 0.265. The number of H-pyrrole nitrogens is 1. The molecule has 0 aromatic carbocycles. The van der Waals surface area contributed by atoms with Gasteiger partial charge in [-0.05, 0) is 37.8 Å². The summed E-state index contributed by atoms with van der Waals surface area (Å²) in [6.07, 6.45) is 6.38. The molecular weight excluding hydrogens is 318 g/mol. The molecule has 4 heterocycles. The number of rotatable bonds is 5. The molecule has 3 aromatic heterocycles. The Kier molecular flexibility index (Phi) is 3.37. The smallest absolute Gasteiger partial charge is 0.245 e. The molecule has 5 rings (SSSR count). The van der Waals surface area contributed by atoms with Crippen molar-refractivity contribution >= 4 is 23.1 Å². The number of hydrogen-bond acceptors (Lipinski definition) is 6. The highest BCUT2D eigenvalue weighted by Gasteiger charge is 2.28. The molecule has 1 saturated carbocycles. The van der Waals surface area contributed by atoms with Crippen LogP contribution in [0.5, 0.6) is 0 Å². The summed E-state index contributed by atoms with van der Waals surface area (Å²) in [5.41, 5.74) is 2.02. The number of anilines is 3. The fraction of sp³-hybridized carbons (Fsp3) is 0.471. The topological polar surface area (TPSA) is 94.4 Å². The lowest BCUT2D eigenvalue weighted by Gasteiger charge is -2.23. The van der Waals surface area contributed by atoms with Crippen LogP contribution in [0.4, 0.5) is 17.6 Å². The van der Waals surface area contributed by atoms with Crippen LogP contribution in [0.1, 0.15) is 37.3 Å². The third kappa shape index (κ3) is 2.62. The van der Waals surface area contributed by atoms with Crippen molar-refractivity contribution in [3.05, 3.63) is 30.1 Å². The molecule has 0 radical (unpaired) electrons. The van der Waals surface area contributed by atoms with E-state index in [1.807, 2.05) is 22.8 Å². The van der Waals surface area contributed by atoms with Crippen LogP contribution >= 0.6 is 0 Å². The normalized spacial score (nSPS) is 20.5. The van der Waals surface area contributed by atoms with Crippen LogP contribution in [0.3, 0.4) is 0 Å². The molecule has 25 heavy (non-hydrogen) atoms. The molecule has 2 fully saturated rings. The Labute approximate surface area is 144 Å². The number of hydrogen-bond donors (Lipinski definition) is 3. The van der Waals surface area contributed by atoms with Crippen molar-refractivity contribution in [1.29, 1.82) is 0 Å². The Morgan fingerprint density at radius 2 is 2.24 bits per heavy atom. The van der Waals surface area contributed by atoms with Gasteiger partial charge in [-0.15, -0.1) is 5.10 Å². The molecule has 3 aromatic rings. The first-order chi connectivity index (χ1) is 12.3.